The summed E-state index contributed by atoms with van der Waals surface area (Å²) >= 11 is 7.36. The maximum Gasteiger partial charge on any atom is 0.0541 e. The first kappa shape index (κ1) is 25.5. The van der Waals surface area contributed by atoms with Gasteiger partial charge in [0.15, 0.2) is 0 Å². The van der Waals surface area contributed by atoms with Gasteiger partial charge in [-0.3, -0.25) is 0 Å². The van der Waals surface area contributed by atoms with E-state index in [9.17, 15) is 0 Å². The summed E-state index contributed by atoms with van der Waals surface area (Å²) in [5, 5.41) is 7.55. The summed E-state index contributed by atoms with van der Waals surface area (Å²) < 4.78 is 4.53. The molecule has 0 atom stereocenters. The molecule has 0 bridgehead atoms. The van der Waals surface area contributed by atoms with Gasteiger partial charge < -0.3 is 4.57 Å². The van der Waals surface area contributed by atoms with Gasteiger partial charge in [-0.2, -0.15) is 0 Å². The van der Waals surface area contributed by atoms with Crippen molar-refractivity contribution in [2.24, 2.45) is 0 Å². The Balaban J connectivity index is 1.36. The fourth-order valence-electron chi connectivity index (χ4n) is 6.49. The van der Waals surface area contributed by atoms with Crippen molar-refractivity contribution >= 4 is 75.2 Å². The summed E-state index contributed by atoms with van der Waals surface area (Å²) in [6, 6.07) is 48.7. The van der Waals surface area contributed by atoms with Gasteiger partial charge in [0.25, 0.3) is 0 Å². The van der Waals surface area contributed by atoms with E-state index in [4.69, 9.17) is 0 Å². The van der Waals surface area contributed by atoms with E-state index in [0.717, 1.165) is 14.6 Å². The zero-order chi connectivity index (χ0) is 28.4. The van der Waals surface area contributed by atoms with Crippen molar-refractivity contribution in [3.8, 4) is 27.9 Å². The van der Waals surface area contributed by atoms with Crippen LogP contribution >= 0.6 is 31.9 Å². The van der Waals surface area contributed by atoms with Gasteiger partial charge >= 0.3 is 0 Å². The van der Waals surface area contributed by atoms with Crippen LogP contribution in [0.1, 0.15) is 5.56 Å². The van der Waals surface area contributed by atoms with E-state index in [2.05, 4.69) is 177 Å². The van der Waals surface area contributed by atoms with Crippen molar-refractivity contribution in [3.05, 3.63) is 148 Å². The molecule has 200 valence electrons. The number of benzene rings is 7. The number of hydrogen-bond donors (Lipinski definition) is 0. The van der Waals surface area contributed by atoms with Crippen LogP contribution in [-0.2, 0) is 0 Å². The van der Waals surface area contributed by atoms with Crippen LogP contribution in [0.3, 0.4) is 0 Å². The van der Waals surface area contributed by atoms with Crippen molar-refractivity contribution < 1.29 is 0 Å². The number of rotatable bonds is 3. The molecule has 0 saturated carbocycles. The number of fused-ring (bicyclic) bond motifs is 5. The van der Waals surface area contributed by atoms with Crippen molar-refractivity contribution in [3.63, 3.8) is 0 Å². The monoisotopic (exact) mass is 665 g/mol. The van der Waals surface area contributed by atoms with Crippen LogP contribution < -0.4 is 0 Å². The Kier molecular flexibility index (Phi) is 6.06. The standard InChI is InChI=1S/C39H25Br2N/c1-24-10-12-25(13-11-24)38-30-6-2-4-8-32(30)39(33-9-5-3-7-31(33)38)26-14-18-29(19-15-26)42-36-20-16-27(40)22-34(36)35-23-28(41)17-21-37(35)42/h2-23H,1H3. The second kappa shape index (κ2) is 9.97. The molecule has 0 aliphatic heterocycles. The smallest absolute Gasteiger partial charge is 0.0541 e. The van der Waals surface area contributed by atoms with Gasteiger partial charge in [0.05, 0.1) is 11.0 Å². The molecule has 0 spiro atoms. The SMILES string of the molecule is Cc1ccc(-c2c3ccccc3c(-c3ccc(-n4c5ccc(Br)cc5c5cc(Br)ccc54)cc3)c3ccccc23)cc1. The first-order chi connectivity index (χ1) is 20.6. The van der Waals surface area contributed by atoms with Crippen LogP contribution in [-0.4, -0.2) is 4.57 Å². The average Bonchev–Trinajstić information content (AvgIpc) is 3.33. The Bertz CT molecular complexity index is 2190. The molecule has 1 heterocycles. The molecule has 0 saturated heterocycles. The van der Waals surface area contributed by atoms with Crippen LogP contribution in [0.15, 0.2) is 142 Å². The normalized spacial score (nSPS) is 11.7. The molecule has 3 heteroatoms. The predicted octanol–water partition coefficient (Wildman–Crippen LogP) is 12.3. The van der Waals surface area contributed by atoms with E-state index in [0.29, 0.717) is 0 Å². The quantitative estimate of drug-likeness (QED) is 0.165. The van der Waals surface area contributed by atoms with Crippen molar-refractivity contribution in [1.29, 1.82) is 0 Å². The molecule has 1 nitrogen and oxygen atoms in total. The van der Waals surface area contributed by atoms with E-state index >= 15 is 0 Å². The molecule has 7 aromatic carbocycles. The zero-order valence-electron chi connectivity index (χ0n) is 22.9. The summed E-state index contributed by atoms with van der Waals surface area (Å²) in [4.78, 5) is 0. The molecule has 42 heavy (non-hydrogen) atoms. The summed E-state index contributed by atoms with van der Waals surface area (Å²) in [6.45, 7) is 2.14. The summed E-state index contributed by atoms with van der Waals surface area (Å²) in [7, 11) is 0. The molecule has 0 aliphatic rings. The Hall–Kier alpha value is -4.18. The Morgan fingerprint density at radius 2 is 0.833 bits per heavy atom. The molecule has 0 N–H and O–H groups in total. The topological polar surface area (TPSA) is 4.93 Å². The van der Waals surface area contributed by atoms with Crippen LogP contribution in [0.4, 0.5) is 0 Å². The van der Waals surface area contributed by atoms with E-state index in [1.54, 1.807) is 0 Å². The number of nitrogens with zero attached hydrogens (tertiary/aromatic N) is 1. The number of aromatic nitrogens is 1. The van der Waals surface area contributed by atoms with Crippen LogP contribution in [0.2, 0.25) is 0 Å². The van der Waals surface area contributed by atoms with Crippen molar-refractivity contribution in [1.82, 2.24) is 4.57 Å². The molecule has 0 radical (unpaired) electrons. The van der Waals surface area contributed by atoms with E-state index in [1.165, 1.54) is 71.2 Å². The van der Waals surface area contributed by atoms with Crippen molar-refractivity contribution in [2.45, 2.75) is 6.92 Å². The highest BCUT2D eigenvalue weighted by atomic mass is 79.9. The van der Waals surface area contributed by atoms with E-state index in [1.807, 2.05) is 0 Å². The molecule has 0 aliphatic carbocycles. The summed E-state index contributed by atoms with van der Waals surface area (Å²) in [5.41, 5.74) is 9.84. The molecule has 0 fully saturated rings. The van der Waals surface area contributed by atoms with Crippen LogP contribution in [0.25, 0.3) is 71.3 Å². The number of aryl methyl sites for hydroxylation is 1. The molecule has 8 rings (SSSR count). The maximum absolute atomic E-state index is 3.68. The summed E-state index contributed by atoms with van der Waals surface area (Å²) in [5.74, 6) is 0. The van der Waals surface area contributed by atoms with Gasteiger partial charge in [0.2, 0.25) is 0 Å². The van der Waals surface area contributed by atoms with Gasteiger partial charge in [-0.1, -0.05) is 122 Å². The predicted molar refractivity (Wildman–Crippen MR) is 187 cm³/mol. The maximum atomic E-state index is 3.68. The largest absolute Gasteiger partial charge is 0.309 e. The minimum absolute atomic E-state index is 1.08. The van der Waals surface area contributed by atoms with Gasteiger partial charge in [0, 0.05) is 25.4 Å². The molecule has 8 aromatic rings. The first-order valence-electron chi connectivity index (χ1n) is 14.1. The van der Waals surface area contributed by atoms with E-state index in [-0.39, 0.29) is 0 Å². The molecular weight excluding hydrogens is 642 g/mol. The lowest BCUT2D eigenvalue weighted by molar-refractivity contribution is 1.18. The van der Waals surface area contributed by atoms with Crippen LogP contribution in [0.5, 0.6) is 0 Å². The van der Waals surface area contributed by atoms with Gasteiger partial charge in [-0.15, -0.1) is 0 Å². The number of hydrogen-bond acceptors (Lipinski definition) is 0. The van der Waals surface area contributed by atoms with Gasteiger partial charge in [-0.05, 0) is 99.3 Å². The van der Waals surface area contributed by atoms with Gasteiger partial charge in [-0.25, -0.2) is 0 Å². The lowest BCUT2D eigenvalue weighted by atomic mass is 9.86. The minimum atomic E-state index is 1.08. The molecule has 1 aromatic heterocycles. The summed E-state index contributed by atoms with van der Waals surface area (Å²) in [6.07, 6.45) is 0. The van der Waals surface area contributed by atoms with Crippen molar-refractivity contribution in [2.75, 3.05) is 0 Å². The molecule has 0 unspecified atom stereocenters. The highest BCUT2D eigenvalue weighted by Crippen LogP contribution is 2.44. The van der Waals surface area contributed by atoms with Crippen LogP contribution in [0, 0.1) is 6.92 Å². The highest BCUT2D eigenvalue weighted by molar-refractivity contribution is 9.10. The lowest BCUT2D eigenvalue weighted by Gasteiger charge is -2.18. The second-order valence-corrected chi connectivity index (χ2v) is 12.7. The lowest BCUT2D eigenvalue weighted by Crippen LogP contribution is -1.94. The molecular formula is C39H25Br2N. The fraction of sp³-hybridized carbons (Fsp3) is 0.0256. The Labute approximate surface area is 261 Å². The highest BCUT2D eigenvalue weighted by Gasteiger charge is 2.17. The third kappa shape index (κ3) is 4.03. The van der Waals surface area contributed by atoms with E-state index < -0.39 is 0 Å². The first-order valence-corrected chi connectivity index (χ1v) is 15.7. The number of halogens is 2. The fourth-order valence-corrected chi connectivity index (χ4v) is 7.22. The second-order valence-electron chi connectivity index (χ2n) is 10.9. The third-order valence-electron chi connectivity index (χ3n) is 8.38. The third-order valence-corrected chi connectivity index (χ3v) is 9.36. The minimum Gasteiger partial charge on any atom is -0.309 e. The zero-order valence-corrected chi connectivity index (χ0v) is 26.1. The molecule has 0 amide bonds. The Morgan fingerprint density at radius 3 is 1.26 bits per heavy atom. The average molecular weight is 667 g/mol. The Morgan fingerprint density at radius 1 is 0.429 bits per heavy atom. The van der Waals surface area contributed by atoms with Gasteiger partial charge in [0.1, 0.15) is 0 Å².